The minimum atomic E-state index is 0.549. The van der Waals surface area contributed by atoms with E-state index in [2.05, 4.69) is 17.1 Å². The number of benzene rings is 1. The maximum atomic E-state index is 5.85. The van der Waals surface area contributed by atoms with Crippen molar-refractivity contribution in [1.82, 2.24) is 4.90 Å². The van der Waals surface area contributed by atoms with Gasteiger partial charge in [-0.05, 0) is 38.9 Å². The van der Waals surface area contributed by atoms with Crippen molar-refractivity contribution in [3.05, 3.63) is 18.2 Å². The summed E-state index contributed by atoms with van der Waals surface area (Å²) in [6, 6.07) is 6.32. The predicted octanol–water partition coefficient (Wildman–Crippen LogP) is 2.56. The van der Waals surface area contributed by atoms with Gasteiger partial charge in [-0.25, -0.2) is 0 Å². The fraction of sp³-hybridized carbons (Fsp3) is 0.600. The molecule has 1 heterocycles. The maximum absolute atomic E-state index is 5.85. The topological polar surface area (TPSA) is 50.5 Å². The van der Waals surface area contributed by atoms with Crippen LogP contribution in [0.1, 0.15) is 26.2 Å². The van der Waals surface area contributed by atoms with E-state index in [1.54, 1.807) is 7.11 Å². The molecule has 0 aromatic heterocycles. The molecule has 1 fully saturated rings. The van der Waals surface area contributed by atoms with Crippen LogP contribution >= 0.6 is 0 Å². The zero-order chi connectivity index (χ0) is 13.7. The molecule has 0 radical (unpaired) electrons. The van der Waals surface area contributed by atoms with E-state index in [1.807, 2.05) is 18.2 Å². The number of hydrogen-bond donors (Lipinski definition) is 2. The van der Waals surface area contributed by atoms with Crippen LogP contribution in [0.15, 0.2) is 18.2 Å². The molecule has 19 heavy (non-hydrogen) atoms. The van der Waals surface area contributed by atoms with E-state index in [4.69, 9.17) is 10.5 Å². The fourth-order valence-corrected chi connectivity index (χ4v) is 2.60. The molecule has 1 atom stereocenters. The van der Waals surface area contributed by atoms with Gasteiger partial charge in [0.05, 0.1) is 7.11 Å². The molecule has 1 aliphatic rings. The summed E-state index contributed by atoms with van der Waals surface area (Å²) < 4.78 is 5.23. The van der Waals surface area contributed by atoms with Gasteiger partial charge in [-0.1, -0.05) is 6.42 Å². The number of hydrogen-bond acceptors (Lipinski definition) is 4. The Balaban J connectivity index is 1.88. The number of nitrogens with zero attached hydrogens (tertiary/aromatic N) is 1. The average molecular weight is 263 g/mol. The SMILES string of the molecule is COc1cc(N)cc(NCC(C)N2CCCCC2)c1. The molecule has 106 valence electrons. The highest BCUT2D eigenvalue weighted by Gasteiger charge is 2.16. The minimum Gasteiger partial charge on any atom is -0.497 e. The normalized spacial score (nSPS) is 18.0. The van der Waals surface area contributed by atoms with Crippen LogP contribution in [0.2, 0.25) is 0 Å². The van der Waals surface area contributed by atoms with E-state index in [0.717, 1.165) is 23.7 Å². The molecular weight excluding hydrogens is 238 g/mol. The van der Waals surface area contributed by atoms with Gasteiger partial charge in [0.15, 0.2) is 0 Å². The fourth-order valence-electron chi connectivity index (χ4n) is 2.60. The summed E-state index contributed by atoms with van der Waals surface area (Å²) in [6.45, 7) is 5.67. The third-order valence-corrected chi connectivity index (χ3v) is 3.78. The molecule has 1 aliphatic heterocycles. The molecule has 1 aromatic carbocycles. The first-order valence-corrected chi connectivity index (χ1v) is 7.11. The molecule has 1 saturated heterocycles. The van der Waals surface area contributed by atoms with Gasteiger partial charge in [0, 0.05) is 36.1 Å². The van der Waals surface area contributed by atoms with Crippen molar-refractivity contribution in [1.29, 1.82) is 0 Å². The Hall–Kier alpha value is -1.42. The number of ether oxygens (including phenoxy) is 1. The van der Waals surface area contributed by atoms with Crippen molar-refractivity contribution in [3.63, 3.8) is 0 Å². The van der Waals surface area contributed by atoms with Gasteiger partial charge in [0.25, 0.3) is 0 Å². The van der Waals surface area contributed by atoms with Crippen LogP contribution < -0.4 is 15.8 Å². The maximum Gasteiger partial charge on any atom is 0.122 e. The third-order valence-electron chi connectivity index (χ3n) is 3.78. The number of methoxy groups -OCH3 is 1. The number of rotatable bonds is 5. The summed E-state index contributed by atoms with van der Waals surface area (Å²) in [5, 5.41) is 3.46. The Morgan fingerprint density at radius 2 is 2.00 bits per heavy atom. The van der Waals surface area contributed by atoms with Crippen molar-refractivity contribution in [2.24, 2.45) is 0 Å². The number of nitrogens with one attached hydrogen (secondary N) is 1. The lowest BCUT2D eigenvalue weighted by Gasteiger charge is -2.32. The van der Waals surface area contributed by atoms with Crippen molar-refractivity contribution in [2.45, 2.75) is 32.2 Å². The van der Waals surface area contributed by atoms with Gasteiger partial charge in [0.2, 0.25) is 0 Å². The van der Waals surface area contributed by atoms with Crippen LogP contribution in [0, 0.1) is 0 Å². The Morgan fingerprint density at radius 1 is 1.26 bits per heavy atom. The van der Waals surface area contributed by atoms with Gasteiger partial charge in [-0.15, -0.1) is 0 Å². The monoisotopic (exact) mass is 263 g/mol. The number of anilines is 2. The molecule has 0 bridgehead atoms. The lowest BCUT2D eigenvalue weighted by atomic mass is 10.1. The van der Waals surface area contributed by atoms with E-state index in [1.165, 1.54) is 32.4 Å². The quantitative estimate of drug-likeness (QED) is 0.802. The van der Waals surface area contributed by atoms with Crippen molar-refractivity contribution >= 4 is 11.4 Å². The molecule has 0 saturated carbocycles. The molecule has 1 unspecified atom stereocenters. The number of nitrogen functional groups attached to an aromatic ring is 1. The Kier molecular flexibility index (Phi) is 4.91. The van der Waals surface area contributed by atoms with E-state index < -0.39 is 0 Å². The number of piperidine rings is 1. The van der Waals surface area contributed by atoms with E-state index in [9.17, 15) is 0 Å². The highest BCUT2D eigenvalue weighted by atomic mass is 16.5. The number of likely N-dealkylation sites (tertiary alicyclic amines) is 1. The highest BCUT2D eigenvalue weighted by Crippen LogP contribution is 2.22. The minimum absolute atomic E-state index is 0.549. The summed E-state index contributed by atoms with van der Waals surface area (Å²) >= 11 is 0. The molecule has 3 N–H and O–H groups in total. The van der Waals surface area contributed by atoms with Crippen LogP contribution in [-0.4, -0.2) is 37.7 Å². The molecule has 4 heteroatoms. The molecule has 0 aliphatic carbocycles. The zero-order valence-corrected chi connectivity index (χ0v) is 12.0. The van der Waals surface area contributed by atoms with Crippen LogP contribution in [-0.2, 0) is 0 Å². The standard InChI is InChI=1S/C15H25N3O/c1-12(18-6-4-3-5-7-18)11-17-14-8-13(16)9-15(10-14)19-2/h8-10,12,17H,3-7,11,16H2,1-2H3. The lowest BCUT2D eigenvalue weighted by molar-refractivity contribution is 0.180. The summed E-state index contributed by atoms with van der Waals surface area (Å²) in [4.78, 5) is 2.56. The van der Waals surface area contributed by atoms with Gasteiger partial charge >= 0.3 is 0 Å². The van der Waals surface area contributed by atoms with E-state index in [0.29, 0.717) is 6.04 Å². The second-order valence-corrected chi connectivity index (χ2v) is 5.32. The van der Waals surface area contributed by atoms with E-state index >= 15 is 0 Å². The molecule has 4 nitrogen and oxygen atoms in total. The van der Waals surface area contributed by atoms with Crippen LogP contribution in [0.3, 0.4) is 0 Å². The second kappa shape index (κ2) is 6.66. The highest BCUT2D eigenvalue weighted by molar-refractivity contribution is 5.59. The average Bonchev–Trinajstić information content (AvgIpc) is 2.45. The van der Waals surface area contributed by atoms with Crippen LogP contribution in [0.25, 0.3) is 0 Å². The van der Waals surface area contributed by atoms with Gasteiger partial charge < -0.3 is 15.8 Å². The zero-order valence-electron chi connectivity index (χ0n) is 12.0. The second-order valence-electron chi connectivity index (χ2n) is 5.32. The Morgan fingerprint density at radius 3 is 2.68 bits per heavy atom. The Labute approximate surface area is 115 Å². The summed E-state index contributed by atoms with van der Waals surface area (Å²) in [6.07, 6.45) is 4.04. The summed E-state index contributed by atoms with van der Waals surface area (Å²) in [5.41, 5.74) is 7.61. The first-order valence-electron chi connectivity index (χ1n) is 7.11. The molecule has 1 aromatic rings. The third kappa shape index (κ3) is 4.03. The predicted molar refractivity (Wildman–Crippen MR) is 80.8 cm³/mol. The van der Waals surface area contributed by atoms with Gasteiger partial charge in [-0.3, -0.25) is 4.90 Å². The molecule has 2 rings (SSSR count). The van der Waals surface area contributed by atoms with Gasteiger partial charge in [-0.2, -0.15) is 0 Å². The van der Waals surface area contributed by atoms with Crippen molar-refractivity contribution in [2.75, 3.05) is 37.8 Å². The van der Waals surface area contributed by atoms with Crippen LogP contribution in [0.4, 0.5) is 11.4 Å². The summed E-state index contributed by atoms with van der Waals surface area (Å²) in [5.74, 6) is 0.799. The molecule has 0 spiro atoms. The molecule has 0 amide bonds. The largest absolute Gasteiger partial charge is 0.497 e. The van der Waals surface area contributed by atoms with Crippen molar-refractivity contribution in [3.8, 4) is 5.75 Å². The lowest BCUT2D eigenvalue weighted by Crippen LogP contribution is -2.41. The first kappa shape index (κ1) is 14.0. The smallest absolute Gasteiger partial charge is 0.122 e. The van der Waals surface area contributed by atoms with Gasteiger partial charge in [0.1, 0.15) is 5.75 Å². The molecular formula is C15H25N3O. The van der Waals surface area contributed by atoms with E-state index in [-0.39, 0.29) is 0 Å². The van der Waals surface area contributed by atoms with Crippen LogP contribution in [0.5, 0.6) is 5.75 Å². The first-order chi connectivity index (χ1) is 9.19. The summed E-state index contributed by atoms with van der Waals surface area (Å²) in [7, 11) is 1.66. The van der Waals surface area contributed by atoms with Crippen molar-refractivity contribution < 1.29 is 4.74 Å². The number of nitrogens with two attached hydrogens (primary N) is 1. The Bertz CT molecular complexity index is 402.